The molecule has 0 heterocycles. The van der Waals surface area contributed by atoms with Crippen molar-refractivity contribution < 1.29 is 9.53 Å². The number of carbonyl (C=O) groups is 1. The summed E-state index contributed by atoms with van der Waals surface area (Å²) in [6.45, 7) is 6.24. The van der Waals surface area contributed by atoms with Gasteiger partial charge in [0.2, 0.25) is 5.91 Å². The molecule has 0 saturated carbocycles. The number of halogens is 1. The van der Waals surface area contributed by atoms with Gasteiger partial charge in [-0.3, -0.25) is 4.79 Å². The van der Waals surface area contributed by atoms with Crippen LogP contribution >= 0.6 is 11.6 Å². The Morgan fingerprint density at radius 1 is 1.47 bits per heavy atom. The minimum atomic E-state index is -0.255. The van der Waals surface area contributed by atoms with Gasteiger partial charge in [0, 0.05) is 11.7 Å². The second kappa shape index (κ2) is 7.36. The van der Waals surface area contributed by atoms with Crippen molar-refractivity contribution in [2.45, 2.75) is 33.2 Å². The third-order valence-corrected chi connectivity index (χ3v) is 3.16. The zero-order chi connectivity index (χ0) is 14.4. The van der Waals surface area contributed by atoms with Gasteiger partial charge >= 0.3 is 0 Å². The third-order valence-electron chi connectivity index (χ3n) is 2.86. The summed E-state index contributed by atoms with van der Waals surface area (Å²) in [4.78, 5) is 11.9. The summed E-state index contributed by atoms with van der Waals surface area (Å²) in [5.41, 5.74) is 6.34. The lowest BCUT2D eigenvalue weighted by Crippen LogP contribution is -2.34. The van der Waals surface area contributed by atoms with Crippen LogP contribution in [0.3, 0.4) is 0 Å². The number of ether oxygens (including phenoxy) is 1. The third kappa shape index (κ3) is 4.73. The number of amides is 1. The van der Waals surface area contributed by atoms with E-state index < -0.39 is 0 Å². The summed E-state index contributed by atoms with van der Waals surface area (Å²) in [5.74, 6) is 0.254. The zero-order valence-corrected chi connectivity index (χ0v) is 12.3. The van der Waals surface area contributed by atoms with E-state index in [1.54, 1.807) is 32.0 Å². The van der Waals surface area contributed by atoms with Crippen LogP contribution in [-0.4, -0.2) is 18.6 Å². The number of anilines is 1. The normalized spacial score (nSPS) is 13.7. The minimum Gasteiger partial charge on any atom is -0.492 e. The average Bonchev–Trinajstić information content (AvgIpc) is 2.36. The Kier molecular flexibility index (Phi) is 6.12. The quantitative estimate of drug-likeness (QED) is 0.844. The molecule has 0 aliphatic carbocycles. The summed E-state index contributed by atoms with van der Waals surface area (Å²) in [6.07, 6.45) is 0.917. The second-order valence-corrected chi connectivity index (χ2v) is 5.04. The summed E-state index contributed by atoms with van der Waals surface area (Å²) in [5, 5.41) is 3.27. The Morgan fingerprint density at radius 3 is 2.68 bits per heavy atom. The van der Waals surface area contributed by atoms with Gasteiger partial charge in [0.1, 0.15) is 5.75 Å². The van der Waals surface area contributed by atoms with Gasteiger partial charge in [-0.15, -0.1) is 0 Å². The monoisotopic (exact) mass is 284 g/mol. The van der Waals surface area contributed by atoms with Gasteiger partial charge in [0.15, 0.2) is 0 Å². The summed E-state index contributed by atoms with van der Waals surface area (Å²) < 4.78 is 5.47. The lowest BCUT2D eigenvalue weighted by molar-refractivity contribution is -0.119. The van der Waals surface area contributed by atoms with Crippen LogP contribution in [0.5, 0.6) is 5.75 Å². The van der Waals surface area contributed by atoms with Gasteiger partial charge in [-0.2, -0.15) is 0 Å². The lowest BCUT2D eigenvalue weighted by Gasteiger charge is -2.16. The van der Waals surface area contributed by atoms with Crippen LogP contribution in [0.15, 0.2) is 18.2 Å². The molecular weight excluding hydrogens is 264 g/mol. The molecule has 1 amide bonds. The molecule has 106 valence electrons. The largest absolute Gasteiger partial charge is 0.492 e. The number of hydrogen-bond acceptors (Lipinski definition) is 3. The van der Waals surface area contributed by atoms with Crippen LogP contribution in [0.4, 0.5) is 5.69 Å². The maximum Gasteiger partial charge on any atom is 0.228 e. The molecular formula is C14H21ClN2O2. The molecule has 1 aromatic carbocycles. The van der Waals surface area contributed by atoms with E-state index in [1.807, 2.05) is 6.92 Å². The maximum atomic E-state index is 11.9. The number of hydrogen-bond donors (Lipinski definition) is 2. The van der Waals surface area contributed by atoms with Crippen LogP contribution in [0.2, 0.25) is 5.02 Å². The highest BCUT2D eigenvalue weighted by Gasteiger charge is 2.17. The van der Waals surface area contributed by atoms with Gasteiger partial charge in [-0.25, -0.2) is 0 Å². The molecule has 19 heavy (non-hydrogen) atoms. The fourth-order valence-corrected chi connectivity index (χ4v) is 1.64. The van der Waals surface area contributed by atoms with Crippen molar-refractivity contribution in [1.82, 2.24) is 0 Å². The summed E-state index contributed by atoms with van der Waals surface area (Å²) in [7, 11) is 0. The molecule has 3 N–H and O–H groups in total. The molecule has 4 nitrogen and oxygen atoms in total. The average molecular weight is 285 g/mol. The first kappa shape index (κ1) is 15.8. The topological polar surface area (TPSA) is 64.3 Å². The van der Waals surface area contributed by atoms with Crippen molar-refractivity contribution in [3.05, 3.63) is 23.2 Å². The van der Waals surface area contributed by atoms with E-state index in [9.17, 15) is 4.79 Å². The number of nitrogens with one attached hydrogen (secondary N) is 1. The van der Waals surface area contributed by atoms with Crippen molar-refractivity contribution in [3.8, 4) is 5.75 Å². The van der Waals surface area contributed by atoms with E-state index >= 15 is 0 Å². The standard InChI is InChI=1S/C14H21ClN2O2/c1-4-7-19-13-6-5-11(8-12(13)15)17-14(18)9(2)10(3)16/h5-6,8-10H,4,7,16H2,1-3H3,(H,17,18). The zero-order valence-electron chi connectivity index (χ0n) is 11.6. The fraction of sp³-hybridized carbons (Fsp3) is 0.500. The van der Waals surface area contributed by atoms with Crippen molar-refractivity contribution in [2.24, 2.45) is 11.7 Å². The Bertz CT molecular complexity index is 435. The predicted octanol–water partition coefficient (Wildman–Crippen LogP) is 3.05. The smallest absolute Gasteiger partial charge is 0.228 e. The van der Waals surface area contributed by atoms with Gasteiger partial charge < -0.3 is 15.8 Å². The highest BCUT2D eigenvalue weighted by molar-refractivity contribution is 6.32. The molecule has 0 saturated heterocycles. The predicted molar refractivity (Wildman–Crippen MR) is 78.7 cm³/mol. The van der Waals surface area contributed by atoms with E-state index in [0.717, 1.165) is 6.42 Å². The van der Waals surface area contributed by atoms with Crippen LogP contribution in [0.25, 0.3) is 0 Å². The van der Waals surface area contributed by atoms with E-state index in [4.69, 9.17) is 22.1 Å². The molecule has 1 aromatic rings. The molecule has 0 aliphatic rings. The van der Waals surface area contributed by atoms with Crippen LogP contribution in [-0.2, 0) is 4.79 Å². The van der Waals surface area contributed by atoms with E-state index in [2.05, 4.69) is 5.32 Å². The molecule has 0 bridgehead atoms. The number of nitrogens with two attached hydrogens (primary N) is 1. The highest BCUT2D eigenvalue weighted by atomic mass is 35.5. The molecule has 0 spiro atoms. The van der Waals surface area contributed by atoms with Crippen LogP contribution in [0.1, 0.15) is 27.2 Å². The van der Waals surface area contributed by atoms with Crippen molar-refractivity contribution in [3.63, 3.8) is 0 Å². The van der Waals surface area contributed by atoms with Crippen molar-refractivity contribution >= 4 is 23.2 Å². The Balaban J connectivity index is 2.70. The van der Waals surface area contributed by atoms with Gasteiger partial charge in [0.05, 0.1) is 17.5 Å². The van der Waals surface area contributed by atoms with Gasteiger partial charge in [0.25, 0.3) is 0 Å². The van der Waals surface area contributed by atoms with Gasteiger partial charge in [-0.1, -0.05) is 25.4 Å². The summed E-state index contributed by atoms with van der Waals surface area (Å²) in [6, 6.07) is 5.01. The van der Waals surface area contributed by atoms with E-state index in [0.29, 0.717) is 23.1 Å². The highest BCUT2D eigenvalue weighted by Crippen LogP contribution is 2.28. The number of carbonyl (C=O) groups excluding carboxylic acids is 1. The minimum absolute atomic E-state index is 0.117. The molecule has 0 aliphatic heterocycles. The first-order valence-corrected chi connectivity index (χ1v) is 6.82. The van der Waals surface area contributed by atoms with E-state index in [-0.39, 0.29) is 17.9 Å². The molecule has 1 rings (SSSR count). The van der Waals surface area contributed by atoms with E-state index in [1.165, 1.54) is 0 Å². The lowest BCUT2D eigenvalue weighted by atomic mass is 10.0. The maximum absolute atomic E-state index is 11.9. The SMILES string of the molecule is CCCOc1ccc(NC(=O)C(C)C(C)N)cc1Cl. The Morgan fingerprint density at radius 2 is 2.16 bits per heavy atom. The van der Waals surface area contributed by atoms with Crippen LogP contribution in [0, 0.1) is 5.92 Å². The molecule has 0 aromatic heterocycles. The number of benzene rings is 1. The Hall–Kier alpha value is -1.26. The number of rotatable bonds is 6. The molecule has 0 fully saturated rings. The first-order valence-electron chi connectivity index (χ1n) is 6.44. The van der Waals surface area contributed by atoms with Crippen molar-refractivity contribution in [2.75, 3.05) is 11.9 Å². The summed E-state index contributed by atoms with van der Waals surface area (Å²) >= 11 is 6.09. The first-order chi connectivity index (χ1) is 8.95. The molecule has 5 heteroatoms. The fourth-order valence-electron chi connectivity index (χ4n) is 1.40. The van der Waals surface area contributed by atoms with Crippen molar-refractivity contribution in [1.29, 1.82) is 0 Å². The molecule has 0 radical (unpaired) electrons. The second-order valence-electron chi connectivity index (χ2n) is 4.63. The molecule has 2 unspecified atom stereocenters. The Labute approximate surface area is 119 Å². The van der Waals surface area contributed by atoms with Gasteiger partial charge in [-0.05, 0) is 31.5 Å². The van der Waals surface area contributed by atoms with Crippen LogP contribution < -0.4 is 15.8 Å². The molecule has 2 atom stereocenters.